The number of aromatic nitrogens is 4. The Morgan fingerprint density at radius 3 is 2.80 bits per heavy atom. The molecule has 0 unspecified atom stereocenters. The number of imidazole rings is 1. The maximum Gasteiger partial charge on any atom is 0.255 e. The Balaban J connectivity index is 1.11. The summed E-state index contributed by atoms with van der Waals surface area (Å²) in [5.41, 5.74) is 2.89. The maximum atomic E-state index is 13.5. The van der Waals surface area contributed by atoms with E-state index in [0.29, 0.717) is 32.9 Å². The number of aromatic amines is 1. The summed E-state index contributed by atoms with van der Waals surface area (Å²) in [6, 6.07) is 9.01. The van der Waals surface area contributed by atoms with Gasteiger partial charge in [0.05, 0.1) is 33.2 Å². The van der Waals surface area contributed by atoms with Crippen LogP contribution in [0.2, 0.25) is 10.0 Å². The molecule has 2 aliphatic heterocycles. The van der Waals surface area contributed by atoms with Gasteiger partial charge in [0, 0.05) is 23.5 Å². The highest BCUT2D eigenvalue weighted by Crippen LogP contribution is 2.31. The number of hydrogen-bond donors (Lipinski definition) is 2. The highest BCUT2D eigenvalue weighted by molar-refractivity contribution is 6.35. The van der Waals surface area contributed by atoms with Crippen LogP contribution in [0.25, 0.3) is 21.9 Å². The van der Waals surface area contributed by atoms with Crippen molar-refractivity contribution in [2.45, 2.75) is 51.5 Å². The van der Waals surface area contributed by atoms with E-state index in [-0.39, 0.29) is 11.9 Å². The summed E-state index contributed by atoms with van der Waals surface area (Å²) in [4.78, 5) is 34.9. The van der Waals surface area contributed by atoms with Crippen molar-refractivity contribution in [3.63, 3.8) is 0 Å². The van der Waals surface area contributed by atoms with Crippen molar-refractivity contribution < 1.29 is 4.79 Å². The molecule has 2 aromatic carbocycles. The Kier molecular flexibility index (Phi) is 8.10. The molecule has 4 heterocycles. The Bertz CT molecular complexity index is 1520. The number of likely N-dealkylation sites (tertiary alicyclic amines) is 2. The lowest BCUT2D eigenvalue weighted by Gasteiger charge is -2.19. The predicted molar refractivity (Wildman–Crippen MR) is 161 cm³/mol. The fraction of sp³-hybridized carbons (Fsp3) is 0.467. The lowest BCUT2D eigenvalue weighted by molar-refractivity contribution is 0.0786. The molecule has 0 radical (unpaired) electrons. The van der Waals surface area contributed by atoms with Crippen molar-refractivity contribution in [2.24, 2.45) is 5.92 Å². The number of rotatable bonds is 9. The predicted octanol–water partition coefficient (Wildman–Crippen LogP) is 6.71. The van der Waals surface area contributed by atoms with Crippen molar-refractivity contribution in [1.29, 1.82) is 0 Å². The number of amides is 1. The number of nitrogens with one attached hydrogen (secondary N) is 2. The van der Waals surface area contributed by atoms with Gasteiger partial charge in [-0.25, -0.2) is 15.0 Å². The molecule has 2 atom stereocenters. The third kappa shape index (κ3) is 5.90. The third-order valence-electron chi connectivity index (χ3n) is 8.29. The van der Waals surface area contributed by atoms with Gasteiger partial charge < -0.3 is 20.1 Å². The number of carbonyl (C=O) groups is 1. The number of H-pyrrole nitrogens is 1. The number of benzene rings is 2. The Hall–Kier alpha value is -2.94. The van der Waals surface area contributed by atoms with Crippen LogP contribution in [0.1, 0.15) is 67.7 Å². The Labute approximate surface area is 244 Å². The molecule has 0 aliphatic carbocycles. The minimum Gasteiger partial charge on any atom is -0.360 e. The second-order valence-electron chi connectivity index (χ2n) is 11.2. The van der Waals surface area contributed by atoms with Gasteiger partial charge in [-0.3, -0.25) is 4.79 Å². The van der Waals surface area contributed by atoms with Crippen molar-refractivity contribution >= 4 is 56.9 Å². The maximum absolute atomic E-state index is 13.5. The Morgan fingerprint density at radius 2 is 1.95 bits per heavy atom. The first-order valence-corrected chi connectivity index (χ1v) is 15.1. The fourth-order valence-corrected chi connectivity index (χ4v) is 6.44. The van der Waals surface area contributed by atoms with Gasteiger partial charge in [-0.05, 0) is 94.9 Å². The number of fused-ring (bicyclic) bond motifs is 2. The number of unbranched alkanes of at least 4 members (excludes halogenated alkanes) is 1. The second-order valence-corrected chi connectivity index (χ2v) is 12.0. The van der Waals surface area contributed by atoms with Crippen LogP contribution in [0, 0.1) is 5.92 Å². The third-order valence-corrected chi connectivity index (χ3v) is 8.84. The summed E-state index contributed by atoms with van der Waals surface area (Å²) in [6.45, 7) is 7.32. The molecule has 0 saturated carbocycles. The van der Waals surface area contributed by atoms with E-state index >= 15 is 0 Å². The fourth-order valence-electron chi connectivity index (χ4n) is 6.03. The number of hydrogen-bond acceptors (Lipinski definition) is 6. The summed E-state index contributed by atoms with van der Waals surface area (Å²) in [5.74, 6) is 1.94. The molecule has 2 saturated heterocycles. The molecule has 8 nitrogen and oxygen atoms in total. The van der Waals surface area contributed by atoms with Crippen molar-refractivity contribution in [3.8, 4) is 0 Å². The van der Waals surface area contributed by atoms with Gasteiger partial charge in [0.2, 0.25) is 0 Å². The van der Waals surface area contributed by atoms with E-state index in [2.05, 4.69) is 30.2 Å². The first-order chi connectivity index (χ1) is 19.4. The van der Waals surface area contributed by atoms with E-state index < -0.39 is 0 Å². The normalized spacial score (nSPS) is 18.7. The molecule has 0 spiro atoms. The van der Waals surface area contributed by atoms with Gasteiger partial charge in [-0.15, -0.1) is 0 Å². The second kappa shape index (κ2) is 11.9. The van der Waals surface area contributed by atoms with Crippen molar-refractivity contribution in [2.75, 3.05) is 38.0 Å². The van der Waals surface area contributed by atoms with Crippen LogP contribution < -0.4 is 5.32 Å². The molecule has 2 fully saturated rings. The lowest BCUT2D eigenvalue weighted by atomic mass is 10.0. The van der Waals surface area contributed by atoms with Gasteiger partial charge >= 0.3 is 0 Å². The molecule has 2 aliphatic rings. The summed E-state index contributed by atoms with van der Waals surface area (Å²) in [5, 5.41) is 5.23. The average Bonchev–Trinajstić information content (AvgIpc) is 3.72. The van der Waals surface area contributed by atoms with Crippen LogP contribution >= 0.6 is 23.2 Å². The van der Waals surface area contributed by atoms with E-state index in [1.54, 1.807) is 12.1 Å². The van der Waals surface area contributed by atoms with E-state index in [9.17, 15) is 4.79 Å². The number of nitrogens with zero attached hydrogens (tertiary/aromatic N) is 5. The zero-order valence-corrected chi connectivity index (χ0v) is 24.3. The number of anilines is 1. The lowest BCUT2D eigenvalue weighted by Crippen LogP contribution is -2.29. The van der Waals surface area contributed by atoms with Crippen LogP contribution in [0.5, 0.6) is 0 Å². The standard InChI is InChI=1S/C30H35Cl2N7O/c1-19(28-36-25-8-7-21(31)14-27(25)37-28)35-29-23-15-24(32)22(16-26(23)33-18-34-29)30(40)39-13-9-20(17-39)6-2-3-10-38-11-4-5-12-38/h7-8,14-16,18-20H,2-6,9-13,17H2,1H3,(H,36,37)(H,33,34,35)/t19-,20-/m0/s1. The number of halogens is 2. The van der Waals surface area contributed by atoms with Gasteiger partial charge in [-0.2, -0.15) is 0 Å². The van der Waals surface area contributed by atoms with Gasteiger partial charge in [0.25, 0.3) is 5.91 Å². The Morgan fingerprint density at radius 1 is 1.10 bits per heavy atom. The highest BCUT2D eigenvalue weighted by atomic mass is 35.5. The van der Waals surface area contributed by atoms with Crippen LogP contribution in [0.15, 0.2) is 36.7 Å². The van der Waals surface area contributed by atoms with Gasteiger partial charge in [0.1, 0.15) is 18.0 Å². The minimum absolute atomic E-state index is 0.0195. The van der Waals surface area contributed by atoms with Gasteiger partial charge in [-0.1, -0.05) is 29.6 Å². The monoisotopic (exact) mass is 579 g/mol. The zero-order valence-electron chi connectivity index (χ0n) is 22.8. The number of carbonyl (C=O) groups excluding carboxylic acids is 1. The summed E-state index contributed by atoms with van der Waals surface area (Å²) < 4.78 is 0. The molecule has 10 heteroatoms. The minimum atomic E-state index is -0.166. The summed E-state index contributed by atoms with van der Waals surface area (Å²) in [6.07, 6.45) is 8.92. The largest absolute Gasteiger partial charge is 0.360 e. The molecule has 6 rings (SSSR count). The molecule has 210 valence electrons. The van der Waals surface area contributed by atoms with E-state index in [1.807, 2.05) is 30.0 Å². The molecule has 2 N–H and O–H groups in total. The van der Waals surface area contributed by atoms with Gasteiger partial charge in [0.15, 0.2) is 0 Å². The van der Waals surface area contributed by atoms with Crippen LogP contribution in [0.4, 0.5) is 5.82 Å². The SMILES string of the molecule is C[C@H](Nc1ncnc2cc(C(=O)N3CC[C@H](CCCCN4CCCC4)C3)c(Cl)cc12)c1nc2cc(Cl)ccc2[nH]1. The summed E-state index contributed by atoms with van der Waals surface area (Å²) in [7, 11) is 0. The van der Waals surface area contributed by atoms with Crippen LogP contribution in [-0.4, -0.2) is 68.4 Å². The first-order valence-electron chi connectivity index (χ1n) is 14.3. The van der Waals surface area contributed by atoms with E-state index in [0.717, 1.165) is 41.8 Å². The van der Waals surface area contributed by atoms with Crippen molar-refractivity contribution in [3.05, 3.63) is 58.1 Å². The first kappa shape index (κ1) is 27.2. The molecule has 0 bridgehead atoms. The molecule has 40 heavy (non-hydrogen) atoms. The molecule has 1 amide bonds. The molecular formula is C30H35Cl2N7O. The summed E-state index contributed by atoms with van der Waals surface area (Å²) >= 11 is 12.8. The van der Waals surface area contributed by atoms with Crippen LogP contribution in [-0.2, 0) is 0 Å². The average molecular weight is 581 g/mol. The smallest absolute Gasteiger partial charge is 0.255 e. The highest BCUT2D eigenvalue weighted by Gasteiger charge is 2.28. The quantitative estimate of drug-likeness (QED) is 0.214. The van der Waals surface area contributed by atoms with E-state index in [4.69, 9.17) is 23.2 Å². The topological polar surface area (TPSA) is 90.0 Å². The zero-order chi connectivity index (χ0) is 27.6. The van der Waals surface area contributed by atoms with Crippen molar-refractivity contribution in [1.82, 2.24) is 29.7 Å². The van der Waals surface area contributed by atoms with E-state index in [1.165, 1.54) is 58.1 Å². The molecular weight excluding hydrogens is 545 g/mol. The molecule has 2 aromatic heterocycles. The van der Waals surface area contributed by atoms with Crippen LogP contribution in [0.3, 0.4) is 0 Å². The molecule has 4 aromatic rings.